The topological polar surface area (TPSA) is 345 Å². The highest BCUT2D eigenvalue weighted by atomic mass is 16.5. The Morgan fingerprint density at radius 1 is 0.427 bits per heavy atom. The first-order chi connectivity index (χ1) is 47.7. The Morgan fingerprint density at radius 3 is 1.09 bits per heavy atom. The molecule has 0 amide bonds. The summed E-state index contributed by atoms with van der Waals surface area (Å²) in [6.07, 6.45) is 6.20. The molecule has 1 unspecified atom stereocenters. The van der Waals surface area contributed by atoms with Crippen LogP contribution in [-0.2, 0) is 44.9 Å². The molecule has 8 rings (SSSR count). The van der Waals surface area contributed by atoms with Crippen LogP contribution in [0.2, 0.25) is 0 Å². The van der Waals surface area contributed by atoms with E-state index >= 15 is 0 Å². The zero-order valence-electron chi connectivity index (χ0n) is 62.0. The molecule has 0 spiro atoms. The second-order valence-electron chi connectivity index (χ2n) is 23.5. The highest BCUT2D eigenvalue weighted by molar-refractivity contribution is 6.24. The second-order valence-corrected chi connectivity index (χ2v) is 23.5. The minimum Gasteiger partial charge on any atom is -0.493 e. The van der Waals surface area contributed by atoms with E-state index in [1.54, 1.807) is 118 Å². The number of hydrogen-bond acceptors (Lipinski definition) is 22. The molecule has 4 aromatic rings. The maximum atomic E-state index is 12.6. The molecule has 103 heavy (non-hydrogen) atoms. The number of nitrogens with one attached hydrogen (secondary N) is 2. The first kappa shape index (κ1) is 92.1. The van der Waals surface area contributed by atoms with Gasteiger partial charge in [-0.25, -0.2) is 0 Å². The van der Waals surface area contributed by atoms with E-state index in [-0.39, 0.29) is 115 Å². The summed E-state index contributed by atoms with van der Waals surface area (Å²) in [4.78, 5) is 114. The van der Waals surface area contributed by atoms with E-state index in [1.807, 2.05) is 73.6 Å². The molecule has 8 N–H and O–H groups in total. The van der Waals surface area contributed by atoms with Crippen LogP contribution in [0.25, 0.3) is 0 Å². The summed E-state index contributed by atoms with van der Waals surface area (Å²) in [6.45, 7) is 21.8. The number of aliphatic hydroxyl groups excluding tert-OH is 1. The molecule has 4 aliphatic rings. The number of benzene rings is 4. The predicted octanol–water partition coefficient (Wildman–Crippen LogP) is 12.3. The third-order valence-electron chi connectivity index (χ3n) is 15.7. The maximum Gasteiger partial charge on any atom is 0.312 e. The minimum absolute atomic E-state index is 0. The molecule has 23 heteroatoms. The van der Waals surface area contributed by atoms with Crippen LogP contribution in [0, 0.1) is 23.7 Å². The number of rotatable bonds is 20. The molecule has 0 bridgehead atoms. The van der Waals surface area contributed by atoms with Crippen molar-refractivity contribution in [1.29, 1.82) is 0 Å². The molecule has 1 atom stereocenters. The number of Topliss-reactive ketones (excluding diaryl/α,β-unsaturated/α-hetero) is 4. The molecule has 0 saturated carbocycles. The van der Waals surface area contributed by atoms with Gasteiger partial charge in [0.2, 0.25) is 23.1 Å². The van der Waals surface area contributed by atoms with Gasteiger partial charge in [-0.05, 0) is 142 Å². The van der Waals surface area contributed by atoms with Crippen molar-refractivity contribution in [1.82, 2.24) is 10.6 Å². The molecule has 0 radical (unpaired) electrons. The van der Waals surface area contributed by atoms with Gasteiger partial charge in [0, 0.05) is 63.6 Å². The van der Waals surface area contributed by atoms with Crippen molar-refractivity contribution in [3.63, 3.8) is 0 Å². The van der Waals surface area contributed by atoms with E-state index in [0.717, 1.165) is 18.1 Å². The van der Waals surface area contributed by atoms with E-state index in [4.69, 9.17) is 55.5 Å². The largest absolute Gasteiger partial charge is 0.493 e. The summed E-state index contributed by atoms with van der Waals surface area (Å²) >= 11 is 0. The Hall–Kier alpha value is -10.9. The summed E-state index contributed by atoms with van der Waals surface area (Å²) in [5.74, 6) is 3.30. The van der Waals surface area contributed by atoms with Crippen LogP contribution in [-0.4, -0.2) is 126 Å². The molecule has 0 aliphatic heterocycles. The van der Waals surface area contributed by atoms with Crippen molar-refractivity contribution in [2.45, 2.75) is 126 Å². The zero-order valence-corrected chi connectivity index (χ0v) is 61.0. The molecule has 0 fully saturated rings. The summed E-state index contributed by atoms with van der Waals surface area (Å²) < 4.78 is 46.7. The summed E-state index contributed by atoms with van der Waals surface area (Å²) in [5, 5.41) is 16.4. The standard InChI is InChI=1S/C19H23NO5.C19H23NO4.2C10H13NO2.2C9H10O3.4CH4/c1-10(2)13-9-14(21)11(3)17(18(13)22)20-19(23)12-6-7-15(24-4)16(8-12)25-5;1-11(2)14-9-15(21)12(3)18(19(14)22)20-10-13-6-7-16(23-4)17(8-13)24-5;2*1-5(2)7-4-8(12)6(3)9(11)10(7)13;2*1-11-8-4-3-7(6-10)5-9(8)12-2;;;;/h6-10,19-20,23H,1-5H3;6-9,11,20H,10H2,1-5H3;2*4-5H,11H2,1-3H3;2*3-6H,1-2H3;4*1H4/p+1/i;;;;;;1T;;;. The van der Waals surface area contributed by atoms with Crippen molar-refractivity contribution >= 4 is 58.8 Å². The predicted molar refractivity (Wildman–Crippen MR) is 403 cm³/mol. The number of aldehydes is 2. The maximum absolute atomic E-state index is 12.6. The molecule has 0 saturated heterocycles. The van der Waals surface area contributed by atoms with Crippen LogP contribution in [0.1, 0.15) is 147 Å². The van der Waals surface area contributed by atoms with Crippen molar-refractivity contribution in [2.24, 2.45) is 35.1 Å². The lowest BCUT2D eigenvalue weighted by atomic mass is 9.88. The van der Waals surface area contributed by atoms with E-state index in [9.17, 15) is 48.3 Å². The Balaban J connectivity index is 0. The van der Waals surface area contributed by atoms with Gasteiger partial charge >= 0.3 is 6.29 Å². The Morgan fingerprint density at radius 2 is 0.728 bits per heavy atom. The number of aliphatic hydroxyl groups is 1. The van der Waals surface area contributed by atoms with Gasteiger partial charge in [0.05, 0.1) is 85.2 Å². The van der Waals surface area contributed by atoms with Crippen molar-refractivity contribution < 1.29 is 92.3 Å². The SMILES string of the molecule is C.C.C.CC1=C(N)C(=O)C(C(C)C)=CC1=O.CC1=C(N)C(=O)C(C(C)C)=CC1=O.COc1ccc(C(O)NC2=C(C)C(=O)C=C(C(C)C)C2=O)cc1OC.COc1ccc(C=O)cc1OC.COc1ccc(C=[OH+])cc1OC.COc1ccc(CNC2=C(C)C(=O)C=C(C(C)C)C2=O)cc1OC.[3H]C. The summed E-state index contributed by atoms with van der Waals surface area (Å²) in [6, 6.07) is 20.6. The molecule has 562 valence electrons. The van der Waals surface area contributed by atoms with E-state index in [2.05, 4.69) is 10.6 Å². The lowest BCUT2D eigenvalue weighted by Crippen LogP contribution is -2.32. The highest BCUT2D eigenvalue weighted by Crippen LogP contribution is 2.33. The quantitative estimate of drug-likeness (QED) is 0.0237. The van der Waals surface area contributed by atoms with Crippen LogP contribution in [0.5, 0.6) is 46.0 Å². The molecule has 4 aromatic carbocycles. The average molecular weight is 1430 g/mol. The fourth-order valence-corrected chi connectivity index (χ4v) is 9.44. The lowest BCUT2D eigenvalue weighted by molar-refractivity contribution is -0.116. The molecule has 0 heterocycles. The van der Waals surface area contributed by atoms with E-state index < -0.39 is 6.23 Å². The van der Waals surface area contributed by atoms with Crippen molar-refractivity contribution in [2.75, 3.05) is 56.9 Å². The van der Waals surface area contributed by atoms with Gasteiger partial charge in [-0.15, -0.1) is 0 Å². The molecule has 23 nitrogen and oxygen atoms in total. The van der Waals surface area contributed by atoms with Crippen LogP contribution in [0.15, 0.2) is 164 Å². The zero-order chi connectivity index (χ0) is 76.9. The lowest BCUT2D eigenvalue weighted by Gasteiger charge is -2.23. The van der Waals surface area contributed by atoms with Crippen LogP contribution < -0.4 is 60.0 Å². The summed E-state index contributed by atoms with van der Waals surface area (Å²) in [5.41, 5.74) is 17.8. The van der Waals surface area contributed by atoms with Gasteiger partial charge in [0.15, 0.2) is 75.4 Å². The number of ether oxygens (including phenoxy) is 8. The fourth-order valence-electron chi connectivity index (χ4n) is 9.44. The average Bonchev–Trinajstić information content (AvgIpc) is 0.817. The molecular weight excluding hydrogens is 1320 g/mol. The third-order valence-corrected chi connectivity index (χ3v) is 15.7. The molecule has 4 aliphatic carbocycles. The number of nitrogens with two attached hydrogens (primary N) is 2. The van der Waals surface area contributed by atoms with Gasteiger partial charge in [-0.3, -0.25) is 47.9 Å². The third kappa shape index (κ3) is 25.0. The first-order valence-corrected chi connectivity index (χ1v) is 31.3. The summed E-state index contributed by atoms with van der Waals surface area (Å²) in [7, 11) is 13.6. The Bertz CT molecular complexity index is 3880. The first-order valence-electron chi connectivity index (χ1n) is 32.3. The number of carbonyl (C=O) groups is 9. The Kier molecular flexibility index (Phi) is 39.6. The van der Waals surface area contributed by atoms with E-state index in [1.165, 1.54) is 53.0 Å². The van der Waals surface area contributed by atoms with Gasteiger partial charge in [-0.1, -0.05) is 97.2 Å². The van der Waals surface area contributed by atoms with Crippen LogP contribution in [0.3, 0.4) is 0 Å². The number of carbonyl (C=O) groups excluding carboxylic acids is 10. The van der Waals surface area contributed by atoms with Crippen LogP contribution >= 0.6 is 0 Å². The Labute approximate surface area is 609 Å². The van der Waals surface area contributed by atoms with Gasteiger partial charge in [0.25, 0.3) is 0 Å². The van der Waals surface area contributed by atoms with Crippen molar-refractivity contribution in [3.8, 4) is 46.0 Å². The molecule has 0 aromatic heterocycles. The molecular formula is C80H109N4O19+. The van der Waals surface area contributed by atoms with E-state index in [0.29, 0.717) is 114 Å². The number of methoxy groups -OCH3 is 8. The van der Waals surface area contributed by atoms with Crippen LogP contribution in [0.4, 0.5) is 0 Å². The number of ketones is 8. The minimum atomic E-state index is -1.17. The number of allylic oxidation sites excluding steroid dienone is 12. The van der Waals surface area contributed by atoms with Gasteiger partial charge in [0.1, 0.15) is 6.29 Å². The van der Waals surface area contributed by atoms with Gasteiger partial charge in [-0.2, -0.15) is 0 Å². The smallest absolute Gasteiger partial charge is 0.312 e. The fraction of sp³-hybridized carbons (Fsp3) is 0.375. The second kappa shape index (κ2) is 44.3. The van der Waals surface area contributed by atoms with Gasteiger partial charge < -0.3 is 65.1 Å². The normalized spacial score (nSPS) is 14.2. The highest BCUT2D eigenvalue weighted by Gasteiger charge is 2.31. The monoisotopic (exact) mass is 1430 g/mol. The number of hydrogen-bond donors (Lipinski definition) is 5. The van der Waals surface area contributed by atoms with Crippen molar-refractivity contribution in [3.05, 3.63) is 187 Å².